The molecule has 1 aromatic heterocycles. The van der Waals surface area contributed by atoms with Crippen molar-refractivity contribution in [2.45, 2.75) is 51.0 Å². The Kier molecular flexibility index (Phi) is 4.87. The highest BCUT2D eigenvalue weighted by molar-refractivity contribution is 7.99. The van der Waals surface area contributed by atoms with Gasteiger partial charge in [-0.1, -0.05) is 20.8 Å². The van der Waals surface area contributed by atoms with Crippen molar-refractivity contribution in [1.29, 1.82) is 0 Å². The number of thioether (sulfide) groups is 1. The molecule has 18 heavy (non-hydrogen) atoms. The molecule has 0 bridgehead atoms. The molecule has 0 aromatic carbocycles. The highest BCUT2D eigenvalue weighted by Crippen LogP contribution is 2.39. The van der Waals surface area contributed by atoms with E-state index in [2.05, 4.69) is 42.1 Å². The van der Waals surface area contributed by atoms with E-state index in [-0.39, 0.29) is 0 Å². The number of rotatable bonds is 7. The van der Waals surface area contributed by atoms with Crippen LogP contribution in [0.2, 0.25) is 0 Å². The minimum absolute atomic E-state index is 0.617. The van der Waals surface area contributed by atoms with Crippen LogP contribution in [0.5, 0.6) is 0 Å². The van der Waals surface area contributed by atoms with E-state index in [9.17, 15) is 0 Å². The first-order chi connectivity index (χ1) is 8.69. The van der Waals surface area contributed by atoms with Crippen molar-refractivity contribution in [1.82, 2.24) is 9.97 Å². The van der Waals surface area contributed by atoms with Crippen molar-refractivity contribution in [3.05, 3.63) is 11.9 Å². The normalized spacial score (nSPS) is 15.1. The van der Waals surface area contributed by atoms with Gasteiger partial charge in [0.1, 0.15) is 16.7 Å². The van der Waals surface area contributed by atoms with Crippen LogP contribution in [-0.2, 0) is 0 Å². The largest absolute Gasteiger partial charge is 0.370 e. The molecule has 4 heteroatoms. The maximum absolute atomic E-state index is 4.69. The SMILES string of the molecule is CCCNc1cc(SCC(C)C)nc(C2CC2)n1. The molecule has 1 heterocycles. The molecule has 1 aromatic rings. The molecule has 0 radical (unpaired) electrons. The van der Waals surface area contributed by atoms with E-state index in [4.69, 9.17) is 0 Å². The Balaban J connectivity index is 2.08. The first kappa shape index (κ1) is 13.7. The quantitative estimate of drug-likeness (QED) is 0.599. The lowest BCUT2D eigenvalue weighted by Gasteiger charge is -2.09. The van der Waals surface area contributed by atoms with Crippen LogP contribution in [0.4, 0.5) is 5.82 Å². The van der Waals surface area contributed by atoms with Crippen LogP contribution < -0.4 is 5.32 Å². The molecule has 0 saturated heterocycles. The molecule has 3 nitrogen and oxygen atoms in total. The Labute approximate surface area is 114 Å². The van der Waals surface area contributed by atoms with Crippen LogP contribution >= 0.6 is 11.8 Å². The van der Waals surface area contributed by atoms with Gasteiger partial charge in [0.05, 0.1) is 0 Å². The fourth-order valence-corrected chi connectivity index (χ4v) is 2.49. The Bertz CT molecular complexity index is 389. The van der Waals surface area contributed by atoms with Crippen LogP contribution in [0, 0.1) is 5.92 Å². The highest BCUT2D eigenvalue weighted by atomic mass is 32.2. The molecule has 1 aliphatic rings. The Morgan fingerprint density at radius 2 is 2.17 bits per heavy atom. The van der Waals surface area contributed by atoms with Gasteiger partial charge in [-0.15, -0.1) is 11.8 Å². The summed E-state index contributed by atoms with van der Waals surface area (Å²) in [5, 5.41) is 4.51. The predicted molar refractivity (Wildman–Crippen MR) is 78.3 cm³/mol. The number of anilines is 1. The van der Waals surface area contributed by atoms with Gasteiger partial charge in [0.15, 0.2) is 0 Å². The second-order valence-corrected chi connectivity index (χ2v) is 6.40. The number of hydrogen-bond donors (Lipinski definition) is 1. The Morgan fingerprint density at radius 1 is 1.39 bits per heavy atom. The van der Waals surface area contributed by atoms with E-state index in [0.717, 1.165) is 35.4 Å². The Morgan fingerprint density at radius 3 is 2.78 bits per heavy atom. The topological polar surface area (TPSA) is 37.8 Å². The summed E-state index contributed by atoms with van der Waals surface area (Å²) in [7, 11) is 0. The molecule has 0 amide bonds. The van der Waals surface area contributed by atoms with Crippen LogP contribution in [0.15, 0.2) is 11.1 Å². The van der Waals surface area contributed by atoms with E-state index in [0.29, 0.717) is 11.8 Å². The fraction of sp³-hybridized carbons (Fsp3) is 0.714. The molecule has 1 N–H and O–H groups in total. The van der Waals surface area contributed by atoms with Crippen molar-refractivity contribution in [3.8, 4) is 0 Å². The summed E-state index contributed by atoms with van der Waals surface area (Å²) in [6.07, 6.45) is 3.63. The Hall–Kier alpha value is -0.770. The zero-order valence-electron chi connectivity index (χ0n) is 11.6. The standard InChI is InChI=1S/C14H23N3S/c1-4-7-15-12-8-13(18-9-10(2)3)17-14(16-12)11-5-6-11/h8,10-11H,4-7,9H2,1-3H3,(H,15,16,17). The van der Waals surface area contributed by atoms with Gasteiger partial charge in [-0.3, -0.25) is 0 Å². The molecule has 100 valence electrons. The number of nitrogens with one attached hydrogen (secondary N) is 1. The lowest BCUT2D eigenvalue weighted by atomic mass is 10.3. The van der Waals surface area contributed by atoms with Crippen LogP contribution in [0.25, 0.3) is 0 Å². The third kappa shape index (κ3) is 4.16. The van der Waals surface area contributed by atoms with E-state index in [1.54, 1.807) is 0 Å². The third-order valence-corrected chi connectivity index (χ3v) is 4.12. The maximum atomic E-state index is 4.69. The van der Waals surface area contributed by atoms with E-state index in [1.807, 2.05) is 11.8 Å². The van der Waals surface area contributed by atoms with Crippen molar-refractivity contribution in [2.24, 2.45) is 5.92 Å². The van der Waals surface area contributed by atoms with E-state index >= 15 is 0 Å². The molecule has 0 atom stereocenters. The van der Waals surface area contributed by atoms with Crippen molar-refractivity contribution < 1.29 is 0 Å². The summed E-state index contributed by atoms with van der Waals surface area (Å²) in [5.74, 6) is 4.48. The van der Waals surface area contributed by atoms with Gasteiger partial charge in [0.2, 0.25) is 0 Å². The van der Waals surface area contributed by atoms with Crippen molar-refractivity contribution in [2.75, 3.05) is 17.6 Å². The van der Waals surface area contributed by atoms with E-state index < -0.39 is 0 Å². The third-order valence-electron chi connectivity index (χ3n) is 2.78. The zero-order chi connectivity index (χ0) is 13.0. The average molecular weight is 265 g/mol. The molecular weight excluding hydrogens is 242 g/mol. The lowest BCUT2D eigenvalue weighted by Crippen LogP contribution is -2.05. The predicted octanol–water partition coefficient (Wildman–Crippen LogP) is 3.92. The van der Waals surface area contributed by atoms with Gasteiger partial charge < -0.3 is 5.32 Å². The minimum Gasteiger partial charge on any atom is -0.370 e. The van der Waals surface area contributed by atoms with Gasteiger partial charge in [-0.05, 0) is 25.2 Å². The van der Waals surface area contributed by atoms with Gasteiger partial charge in [0.25, 0.3) is 0 Å². The van der Waals surface area contributed by atoms with Crippen molar-refractivity contribution in [3.63, 3.8) is 0 Å². The molecule has 0 aliphatic heterocycles. The monoisotopic (exact) mass is 265 g/mol. The lowest BCUT2D eigenvalue weighted by molar-refractivity contribution is 0.748. The fourth-order valence-electron chi connectivity index (χ4n) is 1.64. The summed E-state index contributed by atoms with van der Waals surface area (Å²) in [5.41, 5.74) is 0. The number of nitrogens with zero attached hydrogens (tertiary/aromatic N) is 2. The summed E-state index contributed by atoms with van der Waals surface area (Å²) >= 11 is 1.84. The molecular formula is C14H23N3S. The van der Waals surface area contributed by atoms with Crippen LogP contribution in [0.1, 0.15) is 51.8 Å². The summed E-state index contributed by atoms with van der Waals surface area (Å²) in [6.45, 7) is 7.64. The van der Waals surface area contributed by atoms with E-state index in [1.165, 1.54) is 12.8 Å². The second-order valence-electron chi connectivity index (χ2n) is 5.36. The van der Waals surface area contributed by atoms with Gasteiger partial charge in [-0.25, -0.2) is 9.97 Å². The first-order valence-electron chi connectivity index (χ1n) is 6.94. The highest BCUT2D eigenvalue weighted by Gasteiger charge is 2.27. The van der Waals surface area contributed by atoms with Crippen molar-refractivity contribution >= 4 is 17.6 Å². The summed E-state index contributed by atoms with van der Waals surface area (Å²) < 4.78 is 0. The van der Waals surface area contributed by atoms with Crippen LogP contribution in [-0.4, -0.2) is 22.3 Å². The number of hydrogen-bond acceptors (Lipinski definition) is 4. The molecule has 1 saturated carbocycles. The van der Waals surface area contributed by atoms with Gasteiger partial charge in [0, 0.05) is 24.3 Å². The number of aromatic nitrogens is 2. The first-order valence-corrected chi connectivity index (χ1v) is 7.93. The average Bonchev–Trinajstić information content (AvgIpc) is 3.18. The second kappa shape index (κ2) is 6.41. The summed E-state index contributed by atoms with van der Waals surface area (Å²) in [4.78, 5) is 9.31. The summed E-state index contributed by atoms with van der Waals surface area (Å²) in [6, 6.07) is 2.09. The molecule has 1 fully saturated rings. The van der Waals surface area contributed by atoms with Gasteiger partial charge in [-0.2, -0.15) is 0 Å². The molecule has 0 spiro atoms. The zero-order valence-corrected chi connectivity index (χ0v) is 12.4. The minimum atomic E-state index is 0.617. The maximum Gasteiger partial charge on any atom is 0.135 e. The smallest absolute Gasteiger partial charge is 0.135 e. The molecule has 1 aliphatic carbocycles. The van der Waals surface area contributed by atoms with Gasteiger partial charge >= 0.3 is 0 Å². The molecule has 0 unspecified atom stereocenters. The van der Waals surface area contributed by atoms with Crippen LogP contribution in [0.3, 0.4) is 0 Å². The molecule has 2 rings (SSSR count).